The normalized spacial score (nSPS) is 16.3. The third-order valence-electron chi connectivity index (χ3n) is 9.33. The van der Waals surface area contributed by atoms with E-state index in [9.17, 15) is 19.2 Å². The lowest BCUT2D eigenvalue weighted by molar-refractivity contribution is -0.137. The first-order valence-electron chi connectivity index (χ1n) is 17.5. The molecule has 12 heteroatoms. The summed E-state index contributed by atoms with van der Waals surface area (Å²) in [6.45, 7) is 6.45. The number of H-pyrrole nitrogens is 1. The molecule has 0 unspecified atom stereocenters. The standard InChI is InChI=1S/C39H47N7O5/c1-23(2)41-38(50)30-14-17-32(24(3)20-30)27-8-4-25(5-9-27)21-33(43-37(49)29-10-6-26(22-40)7-11-29)39(51)42-31-15-12-28(13-16-31)36-44-34(45-46-36)18-19-35(47)48/h4-5,8-9,12-17,20,23,26,29,33H,6-7,10-11,18-19,21-22,40H2,1-3H3,(H,41,50)(H,42,51)(H,43,49)(H,47,48)(H,44,45,46)/t26-,29-,33-/m0/s1. The number of benzene rings is 3. The van der Waals surface area contributed by atoms with Crippen molar-refractivity contribution in [3.05, 3.63) is 89.2 Å². The Morgan fingerprint density at radius 2 is 1.59 bits per heavy atom. The minimum atomic E-state index is -0.913. The lowest BCUT2D eigenvalue weighted by Gasteiger charge is -2.28. The van der Waals surface area contributed by atoms with Crippen LogP contribution in [0.25, 0.3) is 22.5 Å². The van der Waals surface area contributed by atoms with Crippen molar-refractivity contribution < 1.29 is 24.3 Å². The molecule has 1 fully saturated rings. The van der Waals surface area contributed by atoms with E-state index in [1.54, 1.807) is 24.3 Å². The molecule has 1 atom stereocenters. The summed E-state index contributed by atoms with van der Waals surface area (Å²) < 4.78 is 0. The van der Waals surface area contributed by atoms with Crippen molar-refractivity contribution in [1.29, 1.82) is 0 Å². The summed E-state index contributed by atoms with van der Waals surface area (Å²) in [6, 6.07) is 19.8. The highest BCUT2D eigenvalue weighted by Crippen LogP contribution is 2.29. The Bertz CT molecular complexity index is 1830. The second-order valence-corrected chi connectivity index (χ2v) is 13.7. The van der Waals surface area contributed by atoms with Gasteiger partial charge in [0.2, 0.25) is 11.8 Å². The smallest absolute Gasteiger partial charge is 0.303 e. The number of hydrogen-bond acceptors (Lipinski definition) is 7. The van der Waals surface area contributed by atoms with Crippen molar-refractivity contribution in [1.82, 2.24) is 25.8 Å². The van der Waals surface area contributed by atoms with E-state index in [1.807, 2.05) is 63.2 Å². The average molecular weight is 694 g/mol. The van der Waals surface area contributed by atoms with Crippen LogP contribution in [0.2, 0.25) is 0 Å². The van der Waals surface area contributed by atoms with E-state index in [0.29, 0.717) is 41.8 Å². The Morgan fingerprint density at radius 1 is 0.902 bits per heavy atom. The van der Waals surface area contributed by atoms with Gasteiger partial charge in [-0.15, -0.1) is 10.2 Å². The van der Waals surface area contributed by atoms with Gasteiger partial charge in [-0.1, -0.05) is 30.3 Å². The molecule has 51 heavy (non-hydrogen) atoms. The van der Waals surface area contributed by atoms with E-state index >= 15 is 0 Å². The lowest BCUT2D eigenvalue weighted by Crippen LogP contribution is -2.48. The molecular formula is C39H47N7O5. The molecule has 5 rings (SSSR count). The molecule has 3 amide bonds. The molecule has 3 aromatic carbocycles. The van der Waals surface area contributed by atoms with Gasteiger partial charge in [0.05, 0.1) is 6.42 Å². The number of anilines is 1. The number of hydrogen-bond donors (Lipinski definition) is 6. The number of aromatic nitrogens is 3. The predicted octanol–water partition coefficient (Wildman–Crippen LogP) is 5.03. The number of aliphatic carboxylic acids is 1. The van der Waals surface area contributed by atoms with Crippen molar-refractivity contribution in [2.75, 3.05) is 11.9 Å². The monoisotopic (exact) mass is 693 g/mol. The maximum Gasteiger partial charge on any atom is 0.303 e. The molecule has 0 saturated heterocycles. The van der Waals surface area contributed by atoms with Crippen molar-refractivity contribution in [3.63, 3.8) is 0 Å². The minimum absolute atomic E-state index is 0.0468. The number of carboxylic acids is 1. The van der Waals surface area contributed by atoms with E-state index < -0.39 is 12.0 Å². The van der Waals surface area contributed by atoms with Gasteiger partial charge in [-0.2, -0.15) is 0 Å². The van der Waals surface area contributed by atoms with Gasteiger partial charge in [-0.25, -0.2) is 0 Å². The zero-order valence-corrected chi connectivity index (χ0v) is 29.4. The highest BCUT2D eigenvalue weighted by atomic mass is 16.4. The topological polar surface area (TPSA) is 192 Å². The number of amides is 3. The molecule has 1 saturated carbocycles. The van der Waals surface area contributed by atoms with Crippen LogP contribution in [0.5, 0.6) is 0 Å². The third kappa shape index (κ3) is 10.1. The van der Waals surface area contributed by atoms with Crippen LogP contribution in [0.3, 0.4) is 0 Å². The number of aromatic amines is 1. The first-order chi connectivity index (χ1) is 24.5. The second kappa shape index (κ2) is 17.0. The fourth-order valence-electron chi connectivity index (χ4n) is 6.40. The molecule has 1 heterocycles. The summed E-state index contributed by atoms with van der Waals surface area (Å²) in [5.41, 5.74) is 11.6. The van der Waals surface area contributed by atoms with Gasteiger partial charge in [0.15, 0.2) is 5.82 Å². The number of carbonyl (C=O) groups is 4. The SMILES string of the molecule is Cc1cc(C(=O)NC(C)C)ccc1-c1ccc(C[C@H](NC(=O)[C@H]2CC[C@H](CN)CC2)C(=O)Nc2ccc(-c3nnc(CCC(=O)O)[nH]3)cc2)cc1. The molecule has 1 aliphatic rings. The van der Waals surface area contributed by atoms with E-state index in [4.69, 9.17) is 10.8 Å². The Hall–Kier alpha value is -5.36. The maximum atomic E-state index is 13.8. The molecule has 4 aromatic rings. The molecule has 1 aliphatic carbocycles. The van der Waals surface area contributed by atoms with Crippen LogP contribution in [-0.2, 0) is 27.2 Å². The summed E-state index contributed by atoms with van der Waals surface area (Å²) in [5.74, 6) is -0.245. The largest absolute Gasteiger partial charge is 0.481 e. The Morgan fingerprint density at radius 3 is 2.22 bits per heavy atom. The fourth-order valence-corrected chi connectivity index (χ4v) is 6.40. The van der Waals surface area contributed by atoms with Gasteiger partial charge in [-0.05, 0) is 118 Å². The van der Waals surface area contributed by atoms with E-state index in [1.165, 1.54) is 0 Å². The third-order valence-corrected chi connectivity index (χ3v) is 9.33. The molecule has 1 aromatic heterocycles. The van der Waals surface area contributed by atoms with E-state index in [2.05, 4.69) is 31.1 Å². The number of nitrogens with one attached hydrogen (secondary N) is 4. The van der Waals surface area contributed by atoms with Crippen molar-refractivity contribution in [3.8, 4) is 22.5 Å². The van der Waals surface area contributed by atoms with Crippen LogP contribution in [0, 0.1) is 18.8 Å². The highest BCUT2D eigenvalue weighted by Gasteiger charge is 2.29. The molecule has 0 spiro atoms. The van der Waals surface area contributed by atoms with Crippen LogP contribution < -0.4 is 21.7 Å². The number of aryl methyl sites for hydroxylation is 2. The second-order valence-electron chi connectivity index (χ2n) is 13.7. The lowest BCUT2D eigenvalue weighted by atomic mass is 9.81. The fraction of sp³-hybridized carbons (Fsp3) is 0.385. The van der Waals surface area contributed by atoms with Gasteiger partial charge >= 0.3 is 5.97 Å². The van der Waals surface area contributed by atoms with Gasteiger partial charge in [-0.3, -0.25) is 19.2 Å². The van der Waals surface area contributed by atoms with Crippen LogP contribution in [-0.4, -0.2) is 62.6 Å². The predicted molar refractivity (Wildman–Crippen MR) is 196 cm³/mol. The average Bonchev–Trinajstić information content (AvgIpc) is 3.60. The summed E-state index contributed by atoms with van der Waals surface area (Å²) >= 11 is 0. The maximum absolute atomic E-state index is 13.8. The molecule has 0 bridgehead atoms. The first kappa shape index (κ1) is 36.9. The van der Waals surface area contributed by atoms with Crippen molar-refractivity contribution >= 4 is 29.4 Å². The highest BCUT2D eigenvalue weighted by molar-refractivity contribution is 5.98. The molecular weight excluding hydrogens is 646 g/mol. The number of carboxylic acid groups (broad SMARTS) is 1. The van der Waals surface area contributed by atoms with Gasteiger partial charge < -0.3 is 31.8 Å². The van der Waals surface area contributed by atoms with Crippen molar-refractivity contribution in [2.45, 2.75) is 77.8 Å². The van der Waals surface area contributed by atoms with Gasteiger partial charge in [0.1, 0.15) is 11.9 Å². The summed E-state index contributed by atoms with van der Waals surface area (Å²) in [5, 5.41) is 26.0. The number of nitrogens with zero attached hydrogens (tertiary/aromatic N) is 2. The van der Waals surface area contributed by atoms with E-state index in [-0.39, 0.29) is 42.5 Å². The van der Waals surface area contributed by atoms with Crippen LogP contribution in [0.1, 0.15) is 73.3 Å². The number of rotatable bonds is 14. The Balaban J connectivity index is 1.29. The summed E-state index contributed by atoms with van der Waals surface area (Å²) in [4.78, 5) is 53.6. The molecule has 0 aliphatic heterocycles. The molecule has 12 nitrogen and oxygen atoms in total. The van der Waals surface area contributed by atoms with Crippen molar-refractivity contribution in [2.24, 2.45) is 17.6 Å². The minimum Gasteiger partial charge on any atom is -0.481 e. The van der Waals surface area contributed by atoms with Crippen LogP contribution in [0.15, 0.2) is 66.7 Å². The molecule has 7 N–H and O–H groups in total. The Labute approximate surface area is 298 Å². The summed E-state index contributed by atoms with van der Waals surface area (Å²) in [6.07, 6.45) is 3.77. The Kier molecular flexibility index (Phi) is 12.3. The molecule has 0 radical (unpaired) electrons. The van der Waals surface area contributed by atoms with Crippen LogP contribution >= 0.6 is 0 Å². The number of nitrogens with two attached hydrogens (primary N) is 1. The molecule has 268 valence electrons. The number of carbonyl (C=O) groups excluding carboxylic acids is 3. The first-order valence-corrected chi connectivity index (χ1v) is 17.5. The zero-order valence-electron chi connectivity index (χ0n) is 29.4. The van der Waals surface area contributed by atoms with Gasteiger partial charge in [0, 0.05) is 41.6 Å². The summed E-state index contributed by atoms with van der Waals surface area (Å²) in [7, 11) is 0. The zero-order chi connectivity index (χ0) is 36.5. The van der Waals surface area contributed by atoms with E-state index in [0.717, 1.165) is 53.5 Å². The van der Waals surface area contributed by atoms with Gasteiger partial charge in [0.25, 0.3) is 5.91 Å². The van der Waals surface area contributed by atoms with Crippen LogP contribution in [0.4, 0.5) is 5.69 Å². The quantitative estimate of drug-likeness (QED) is 0.106.